The van der Waals surface area contributed by atoms with E-state index in [9.17, 15) is 14.4 Å². The smallest absolute Gasteiger partial charge is 0.261 e. The lowest BCUT2D eigenvalue weighted by Gasteiger charge is -2.27. The molecule has 4 aromatic rings. The van der Waals surface area contributed by atoms with Crippen molar-refractivity contribution in [3.05, 3.63) is 119 Å². The fraction of sp³-hybridized carbons (Fsp3) is 0.200. The third-order valence-corrected chi connectivity index (χ3v) is 7.09. The normalized spacial score (nSPS) is 15.5. The molecule has 37 heavy (non-hydrogen) atoms. The standard InChI is InChI=1S/C30H25N3O4/c34-26-12-6-11-21-22(26)13-14-27(25(21)17-33-29(35)23-9-4-5-10-24(23)30(33)36)37-28(18-32-16-15-31-19-32)20-7-2-1-3-8-20/h1-5,7-10,13-16,19,28H,6,11-12,17-18H2. The molecule has 6 rings (SSSR count). The predicted octanol–water partition coefficient (Wildman–Crippen LogP) is 5.02. The maximum absolute atomic E-state index is 13.2. The number of amides is 2. The summed E-state index contributed by atoms with van der Waals surface area (Å²) >= 11 is 0. The van der Waals surface area contributed by atoms with Gasteiger partial charge in [-0.25, -0.2) is 4.98 Å². The van der Waals surface area contributed by atoms with Crippen molar-refractivity contribution in [2.75, 3.05) is 0 Å². The summed E-state index contributed by atoms with van der Waals surface area (Å²) < 4.78 is 8.60. The lowest BCUT2D eigenvalue weighted by molar-refractivity contribution is 0.0639. The summed E-state index contributed by atoms with van der Waals surface area (Å²) in [5.41, 5.74) is 4.01. The van der Waals surface area contributed by atoms with Gasteiger partial charge in [0.15, 0.2) is 5.78 Å². The van der Waals surface area contributed by atoms with E-state index in [1.165, 1.54) is 4.90 Å². The first-order valence-corrected chi connectivity index (χ1v) is 12.4. The molecule has 1 atom stereocenters. The van der Waals surface area contributed by atoms with Crippen molar-refractivity contribution in [2.24, 2.45) is 0 Å². The molecule has 7 nitrogen and oxygen atoms in total. The van der Waals surface area contributed by atoms with Crippen molar-refractivity contribution < 1.29 is 19.1 Å². The van der Waals surface area contributed by atoms with Crippen LogP contribution in [-0.2, 0) is 19.5 Å². The zero-order chi connectivity index (χ0) is 25.4. The molecule has 2 amide bonds. The largest absolute Gasteiger partial charge is 0.483 e. The maximum Gasteiger partial charge on any atom is 0.261 e. The minimum atomic E-state index is -0.353. The molecule has 1 aliphatic heterocycles. The summed E-state index contributed by atoms with van der Waals surface area (Å²) in [7, 11) is 0. The third-order valence-electron chi connectivity index (χ3n) is 7.09. The number of aromatic nitrogens is 2. The van der Waals surface area contributed by atoms with E-state index in [0.717, 1.165) is 17.5 Å². The fourth-order valence-corrected chi connectivity index (χ4v) is 5.22. The molecule has 0 bridgehead atoms. The number of fused-ring (bicyclic) bond motifs is 2. The number of hydrogen-bond acceptors (Lipinski definition) is 5. The molecular formula is C30H25N3O4. The molecule has 0 saturated carbocycles. The highest BCUT2D eigenvalue weighted by molar-refractivity contribution is 6.21. The molecule has 1 aromatic heterocycles. The van der Waals surface area contributed by atoms with Gasteiger partial charge in [0, 0.05) is 29.9 Å². The molecule has 0 spiro atoms. The van der Waals surface area contributed by atoms with E-state index in [-0.39, 0.29) is 30.2 Å². The topological polar surface area (TPSA) is 81.5 Å². The summed E-state index contributed by atoms with van der Waals surface area (Å²) in [4.78, 5) is 44.6. The van der Waals surface area contributed by atoms with Crippen molar-refractivity contribution in [2.45, 2.75) is 38.5 Å². The van der Waals surface area contributed by atoms with Crippen LogP contribution in [0.5, 0.6) is 5.75 Å². The molecule has 7 heteroatoms. The molecule has 2 aliphatic rings. The average Bonchev–Trinajstić information content (AvgIpc) is 3.53. The van der Waals surface area contributed by atoms with Gasteiger partial charge in [0.1, 0.15) is 11.9 Å². The van der Waals surface area contributed by atoms with Gasteiger partial charge in [0.05, 0.1) is 30.5 Å². The average molecular weight is 492 g/mol. The van der Waals surface area contributed by atoms with Gasteiger partial charge in [-0.3, -0.25) is 19.3 Å². The van der Waals surface area contributed by atoms with Crippen LogP contribution < -0.4 is 4.74 Å². The van der Waals surface area contributed by atoms with E-state index in [1.807, 2.05) is 47.2 Å². The molecule has 3 aromatic carbocycles. The number of imidazole rings is 1. The van der Waals surface area contributed by atoms with Crippen molar-refractivity contribution in [1.82, 2.24) is 14.5 Å². The number of rotatable bonds is 7. The Labute approximate surface area is 214 Å². The van der Waals surface area contributed by atoms with Crippen LogP contribution in [0.1, 0.15) is 66.7 Å². The van der Waals surface area contributed by atoms with Crippen LogP contribution >= 0.6 is 0 Å². The first-order chi connectivity index (χ1) is 18.1. The van der Waals surface area contributed by atoms with Gasteiger partial charge in [-0.1, -0.05) is 42.5 Å². The van der Waals surface area contributed by atoms with E-state index in [4.69, 9.17) is 4.74 Å². The van der Waals surface area contributed by atoms with Gasteiger partial charge in [-0.15, -0.1) is 0 Å². The maximum atomic E-state index is 13.2. The number of carbonyl (C=O) groups is 3. The molecule has 0 saturated heterocycles. The van der Waals surface area contributed by atoms with Crippen molar-refractivity contribution in [3.8, 4) is 5.75 Å². The number of ketones is 1. The molecular weight excluding hydrogens is 466 g/mol. The van der Waals surface area contributed by atoms with Gasteiger partial charge < -0.3 is 9.30 Å². The Balaban J connectivity index is 1.41. The summed E-state index contributed by atoms with van der Waals surface area (Å²) in [5.74, 6) is -0.0120. The molecule has 1 unspecified atom stereocenters. The second-order valence-electron chi connectivity index (χ2n) is 9.36. The molecule has 184 valence electrons. The van der Waals surface area contributed by atoms with E-state index in [1.54, 1.807) is 42.9 Å². The molecule has 0 radical (unpaired) electrons. The Kier molecular flexibility index (Phi) is 5.88. The highest BCUT2D eigenvalue weighted by Crippen LogP contribution is 2.36. The van der Waals surface area contributed by atoms with Crippen molar-refractivity contribution in [1.29, 1.82) is 0 Å². The third kappa shape index (κ3) is 4.22. The SMILES string of the molecule is O=C1CCCc2c1ccc(OC(Cn1ccnc1)c1ccccc1)c2CN1C(=O)c2ccccc2C1=O. The summed E-state index contributed by atoms with van der Waals surface area (Å²) in [6, 6.07) is 20.4. The minimum absolute atomic E-state index is 0.0463. The van der Waals surface area contributed by atoms with Crippen molar-refractivity contribution in [3.63, 3.8) is 0 Å². The van der Waals surface area contributed by atoms with Crippen LogP contribution in [0.4, 0.5) is 0 Å². The Bertz CT molecular complexity index is 1460. The first kappa shape index (κ1) is 22.9. The lowest BCUT2D eigenvalue weighted by Crippen LogP contribution is -2.30. The zero-order valence-corrected chi connectivity index (χ0v) is 20.2. The van der Waals surface area contributed by atoms with Gasteiger partial charge in [0.2, 0.25) is 0 Å². The number of nitrogens with zero attached hydrogens (tertiary/aromatic N) is 3. The van der Waals surface area contributed by atoms with Crippen LogP contribution in [0.3, 0.4) is 0 Å². The van der Waals surface area contributed by atoms with E-state index in [2.05, 4.69) is 4.98 Å². The van der Waals surface area contributed by atoms with Crippen LogP contribution in [0.15, 0.2) is 85.5 Å². The second-order valence-corrected chi connectivity index (χ2v) is 9.36. The highest BCUT2D eigenvalue weighted by atomic mass is 16.5. The first-order valence-electron chi connectivity index (χ1n) is 12.4. The minimum Gasteiger partial charge on any atom is -0.483 e. The van der Waals surface area contributed by atoms with Gasteiger partial charge in [0.25, 0.3) is 11.8 Å². The van der Waals surface area contributed by atoms with Crippen LogP contribution in [0.25, 0.3) is 0 Å². The van der Waals surface area contributed by atoms with E-state index in [0.29, 0.717) is 47.4 Å². The van der Waals surface area contributed by atoms with Gasteiger partial charge in [-0.05, 0) is 48.2 Å². The highest BCUT2D eigenvalue weighted by Gasteiger charge is 2.37. The number of benzene rings is 3. The second kappa shape index (κ2) is 9.50. The van der Waals surface area contributed by atoms with E-state index >= 15 is 0 Å². The zero-order valence-electron chi connectivity index (χ0n) is 20.2. The number of ether oxygens (including phenoxy) is 1. The Hall–Kier alpha value is -4.52. The van der Waals surface area contributed by atoms with Crippen molar-refractivity contribution >= 4 is 17.6 Å². The number of hydrogen-bond donors (Lipinski definition) is 0. The lowest BCUT2D eigenvalue weighted by atomic mass is 9.86. The van der Waals surface area contributed by atoms with Gasteiger partial charge in [-0.2, -0.15) is 0 Å². The molecule has 0 fully saturated rings. The number of carbonyl (C=O) groups excluding carboxylic acids is 3. The predicted molar refractivity (Wildman–Crippen MR) is 136 cm³/mol. The summed E-state index contributed by atoms with van der Waals surface area (Å²) in [6.07, 6.45) is 6.90. The quantitative estimate of drug-likeness (QED) is 0.339. The van der Waals surface area contributed by atoms with Crippen LogP contribution in [0, 0.1) is 0 Å². The Morgan fingerprint density at radius 2 is 1.57 bits per heavy atom. The summed E-state index contributed by atoms with van der Waals surface area (Å²) in [6.45, 7) is 0.567. The van der Waals surface area contributed by atoms with Crippen LogP contribution in [0.2, 0.25) is 0 Å². The Morgan fingerprint density at radius 1 is 0.838 bits per heavy atom. The Morgan fingerprint density at radius 3 is 2.27 bits per heavy atom. The van der Waals surface area contributed by atoms with E-state index < -0.39 is 0 Å². The molecule has 0 N–H and O–H groups in total. The summed E-state index contributed by atoms with van der Waals surface area (Å²) in [5, 5.41) is 0. The number of Topliss-reactive ketones (excluding diaryl/α,β-unsaturated/α-hetero) is 1. The fourth-order valence-electron chi connectivity index (χ4n) is 5.22. The van der Waals surface area contributed by atoms with Crippen LogP contribution in [-0.4, -0.2) is 32.0 Å². The monoisotopic (exact) mass is 491 g/mol. The molecule has 2 heterocycles. The molecule has 1 aliphatic carbocycles. The number of imide groups is 1. The van der Waals surface area contributed by atoms with Gasteiger partial charge >= 0.3 is 0 Å².